The summed E-state index contributed by atoms with van der Waals surface area (Å²) < 4.78 is 112. The molecule has 0 aromatic carbocycles. The van der Waals surface area contributed by atoms with Crippen LogP contribution in [0.15, 0.2) is 34.9 Å². The van der Waals surface area contributed by atoms with Gasteiger partial charge in [-0.05, 0) is 13.8 Å². The highest BCUT2D eigenvalue weighted by atomic mass is 31.3. The molecule has 16 atom stereocenters. The summed E-state index contributed by atoms with van der Waals surface area (Å²) in [4.78, 5) is 101. The number of hydrogen-bond donors (Lipinski definition) is 11. The summed E-state index contributed by atoms with van der Waals surface area (Å²) in [5.41, 5.74) is 8.17. The minimum Gasteiger partial charge on any atom is -0.778 e. The van der Waals surface area contributed by atoms with E-state index in [1.165, 1.54) is 27.1 Å². The molecule has 3 saturated heterocycles. The number of phosphoric ester groups is 2. The first-order valence-corrected chi connectivity index (χ1v) is 29.5. The SMILES string of the molecule is CCNc1nc2c(c(=O)[nH]1)n(CC)c[n+]2[C@@H]1O[C@H](COP(=O)(O)OP(=O)(O)OP(=O)(O)OCC2O[C@@H](n3cnc4c(N)ncnc43)[C@H](OC)[C@@H]2P(=O)([O-])OC[C@H]2O[C@@H](n3cnc4c(=O)[nH]c(N)nc43)[C@H](O)[C@@H]2O)[C@@H](COC)[C@H]1O. The lowest BCUT2D eigenvalue weighted by Gasteiger charge is -2.35. The van der Waals surface area contributed by atoms with Crippen LogP contribution in [0.5, 0.6) is 0 Å². The Morgan fingerprint density at radius 2 is 1.41 bits per heavy atom. The van der Waals surface area contributed by atoms with Crippen LogP contribution in [0.1, 0.15) is 32.5 Å². The Balaban J connectivity index is 0.888. The van der Waals surface area contributed by atoms with Gasteiger partial charge in [-0.1, -0.05) is 4.98 Å². The van der Waals surface area contributed by atoms with Crippen molar-refractivity contribution in [1.29, 1.82) is 0 Å². The number of nitrogen functional groups attached to an aromatic ring is 2. The molecule has 3 fully saturated rings. The molecule has 0 spiro atoms. The minimum atomic E-state index is -6.21. The number of imidazole rings is 3. The predicted molar refractivity (Wildman–Crippen MR) is 259 cm³/mol. The van der Waals surface area contributed by atoms with Gasteiger partial charge >= 0.3 is 29.1 Å². The van der Waals surface area contributed by atoms with Crippen molar-refractivity contribution >= 4 is 82.3 Å². The topological polar surface area (TPSA) is 531 Å². The number of nitrogens with one attached hydrogen (secondary N) is 3. The third-order valence-corrected chi connectivity index (χ3v) is 18.9. The summed E-state index contributed by atoms with van der Waals surface area (Å²) in [7, 11) is -21.2. The molecule has 5 unspecified atom stereocenters. The maximum Gasteiger partial charge on any atom is 0.490 e. The maximum absolute atomic E-state index is 14.3. The number of fused-ring (bicyclic) bond motifs is 3. The standard InChI is InChI=1S/C37H53N15O23P4/c1-5-40-37-46-30-21(32(57)48-37)49(6-2)14-52(30)33-22(53)15(7-66-3)16(71-33)8-69-77(60,61)74-79(64,65)75-78(62,63)70-10-18-26(25(67-4)35(73-18)50-12-43-19-27(38)41-11-42-28(19)50)76(58,59)68-9-17-23(54)24(55)34(72-17)51-13-44-20-29(51)45-36(39)47-31(20)56/h11-18,22-26,33-35,53-55H,5-10H2,1-4H3,(H10-,38,39,40,41,42,45,46,47,48,56,57,58,59,60,61,62,63,64,65)/t15-,16-,17-,18?,22-,23-,24-,25-,26-,33-,34-,35-/m1/s1. The summed E-state index contributed by atoms with van der Waals surface area (Å²) in [6, 6.07) is 0. The van der Waals surface area contributed by atoms with E-state index < -0.39 is 135 Å². The largest absolute Gasteiger partial charge is 0.778 e. The molecule has 434 valence electrons. The van der Waals surface area contributed by atoms with Gasteiger partial charge in [0.2, 0.25) is 17.7 Å². The summed E-state index contributed by atoms with van der Waals surface area (Å²) in [6.07, 6.45) is -11.4. The molecule has 9 heterocycles. The Kier molecular flexibility index (Phi) is 16.8. The predicted octanol–water partition coefficient (Wildman–Crippen LogP) is -3.04. The number of phosphoric acid groups is 3. The van der Waals surface area contributed by atoms with E-state index >= 15 is 0 Å². The van der Waals surface area contributed by atoms with Crippen LogP contribution in [0.4, 0.5) is 17.7 Å². The van der Waals surface area contributed by atoms with Crippen molar-refractivity contribution in [1.82, 2.24) is 53.6 Å². The van der Waals surface area contributed by atoms with Crippen LogP contribution in [0.3, 0.4) is 0 Å². The first kappa shape index (κ1) is 58.5. The fraction of sp³-hybridized carbons (Fsp3) is 0.595. The molecular formula is C37H53N15O23P4. The molecule has 79 heavy (non-hydrogen) atoms. The van der Waals surface area contributed by atoms with Gasteiger partial charge in [0, 0.05) is 26.7 Å². The van der Waals surface area contributed by atoms with Crippen molar-refractivity contribution in [3.05, 3.63) is 46.0 Å². The van der Waals surface area contributed by atoms with Gasteiger partial charge in [-0.2, -0.15) is 13.6 Å². The zero-order chi connectivity index (χ0) is 57.1. The van der Waals surface area contributed by atoms with Gasteiger partial charge in [0.1, 0.15) is 50.0 Å². The molecule has 6 aromatic rings. The Hall–Kier alpha value is -5.11. The van der Waals surface area contributed by atoms with E-state index in [0.29, 0.717) is 6.54 Å². The molecule has 6 aromatic heterocycles. The maximum atomic E-state index is 14.3. The number of aryl methyl sites for hydroxylation is 1. The van der Waals surface area contributed by atoms with Crippen molar-refractivity contribution < 1.29 is 104 Å². The summed E-state index contributed by atoms with van der Waals surface area (Å²) in [6.45, 7) is 0.661. The van der Waals surface area contributed by atoms with Gasteiger partial charge in [0.15, 0.2) is 41.4 Å². The number of nitrogens with two attached hydrogens (primary N) is 2. The summed E-state index contributed by atoms with van der Waals surface area (Å²) in [5, 5.41) is 36.3. The zero-order valence-corrected chi connectivity index (χ0v) is 45.1. The average molecular weight is 1200 g/mol. The van der Waals surface area contributed by atoms with E-state index in [9.17, 15) is 62.7 Å². The number of nitrogens with zero attached hydrogens (tertiary/aromatic N) is 10. The molecule has 0 radical (unpaired) electrons. The number of aliphatic hydroxyl groups excluding tert-OH is 3. The first-order valence-electron chi connectivity index (χ1n) is 23.4. The summed E-state index contributed by atoms with van der Waals surface area (Å²) in [5.74, 6) is -1.34. The Morgan fingerprint density at radius 3 is 2.06 bits per heavy atom. The van der Waals surface area contributed by atoms with Crippen LogP contribution in [0.2, 0.25) is 0 Å². The van der Waals surface area contributed by atoms with Crippen LogP contribution in [-0.2, 0) is 70.7 Å². The van der Waals surface area contributed by atoms with E-state index in [1.807, 2.05) is 0 Å². The number of anilines is 3. The second-order valence-electron chi connectivity index (χ2n) is 17.8. The smallest absolute Gasteiger partial charge is 0.490 e. The fourth-order valence-electron chi connectivity index (χ4n) is 9.34. The molecule has 0 bridgehead atoms. The Morgan fingerprint density at radius 1 is 0.759 bits per heavy atom. The Labute approximate surface area is 441 Å². The molecule has 3 aliphatic heterocycles. The van der Waals surface area contributed by atoms with Gasteiger partial charge in [-0.3, -0.25) is 42.3 Å². The van der Waals surface area contributed by atoms with Gasteiger partial charge in [-0.15, -0.1) is 0 Å². The third kappa shape index (κ3) is 11.7. The first-order chi connectivity index (χ1) is 37.3. The van der Waals surface area contributed by atoms with E-state index in [-0.39, 0.29) is 64.4 Å². The lowest BCUT2D eigenvalue weighted by atomic mass is 9.99. The van der Waals surface area contributed by atoms with Gasteiger partial charge < -0.3 is 84.5 Å². The highest BCUT2D eigenvalue weighted by molar-refractivity contribution is 7.66. The number of aromatic nitrogens is 12. The van der Waals surface area contributed by atoms with Crippen LogP contribution >= 0.6 is 31.1 Å². The minimum absolute atomic E-state index is 0.0165. The lowest BCUT2D eigenvalue weighted by molar-refractivity contribution is -0.746. The monoisotopic (exact) mass is 1200 g/mol. The van der Waals surface area contributed by atoms with Crippen molar-refractivity contribution in [2.45, 2.75) is 87.5 Å². The van der Waals surface area contributed by atoms with E-state index in [4.69, 9.17) is 48.7 Å². The molecule has 9 rings (SSSR count). The second kappa shape index (κ2) is 22.7. The molecule has 38 nitrogen and oxygen atoms in total. The lowest BCUT2D eigenvalue weighted by Crippen LogP contribution is -2.45. The Bertz CT molecular complexity index is 3550. The highest BCUT2D eigenvalue weighted by Gasteiger charge is 2.55. The van der Waals surface area contributed by atoms with Gasteiger partial charge in [0.25, 0.3) is 17.1 Å². The van der Waals surface area contributed by atoms with E-state index in [0.717, 1.165) is 30.7 Å². The number of methoxy groups -OCH3 is 2. The number of rotatable bonds is 23. The number of aliphatic hydroxyl groups is 3. The van der Waals surface area contributed by atoms with Crippen molar-refractivity contribution in [3.8, 4) is 0 Å². The van der Waals surface area contributed by atoms with Crippen LogP contribution in [0, 0.1) is 5.92 Å². The zero-order valence-electron chi connectivity index (χ0n) is 41.5. The van der Waals surface area contributed by atoms with Crippen molar-refractivity contribution in [3.63, 3.8) is 0 Å². The molecule has 0 saturated carbocycles. The average Bonchev–Trinajstić information content (AvgIpc) is 4.45. The molecule has 42 heteroatoms. The summed E-state index contributed by atoms with van der Waals surface area (Å²) >= 11 is 0. The number of H-pyrrole nitrogens is 2. The van der Waals surface area contributed by atoms with E-state index in [1.54, 1.807) is 13.8 Å². The molecule has 13 N–H and O–H groups in total. The molecular weight excluding hydrogens is 1150 g/mol. The normalized spacial score (nSPS) is 29.5. The number of aromatic amines is 2. The van der Waals surface area contributed by atoms with Crippen molar-refractivity contribution in [2.24, 2.45) is 5.92 Å². The van der Waals surface area contributed by atoms with Crippen LogP contribution < -0.4 is 37.4 Å². The quantitative estimate of drug-likeness (QED) is 0.0224. The fourth-order valence-corrected chi connectivity index (χ4v) is 14.6. The number of ether oxygens (including phenoxy) is 5. The number of hydrogen-bond acceptors (Lipinski definition) is 29. The van der Waals surface area contributed by atoms with Gasteiger partial charge in [-0.25, -0.2) is 38.2 Å². The van der Waals surface area contributed by atoms with E-state index in [2.05, 4.69) is 53.8 Å². The highest BCUT2D eigenvalue weighted by Crippen LogP contribution is 2.68. The molecule has 0 aliphatic carbocycles. The van der Waals surface area contributed by atoms with Crippen LogP contribution in [-0.4, -0.2) is 179 Å². The van der Waals surface area contributed by atoms with Crippen LogP contribution in [0.25, 0.3) is 33.5 Å². The molecule has 0 amide bonds. The third-order valence-electron chi connectivity index (χ3n) is 12.8. The van der Waals surface area contributed by atoms with Gasteiger partial charge in [0.05, 0.1) is 63.5 Å². The second-order valence-corrected chi connectivity index (χ2v) is 24.3. The molecule has 3 aliphatic rings. The van der Waals surface area contributed by atoms with Crippen molar-refractivity contribution in [2.75, 3.05) is 64.0 Å².